The van der Waals surface area contributed by atoms with E-state index in [0.717, 1.165) is 37.1 Å². The van der Waals surface area contributed by atoms with E-state index in [0.29, 0.717) is 35.1 Å². The van der Waals surface area contributed by atoms with Gasteiger partial charge < -0.3 is 26.4 Å². The number of benzene rings is 1. The summed E-state index contributed by atoms with van der Waals surface area (Å²) in [5.41, 5.74) is 8.64. The van der Waals surface area contributed by atoms with Crippen LogP contribution in [0.15, 0.2) is 42.7 Å². The van der Waals surface area contributed by atoms with E-state index in [1.165, 1.54) is 6.20 Å². The minimum absolute atomic E-state index is 0.0401. The minimum atomic E-state index is -0.302. The molecule has 0 unspecified atom stereocenters. The zero-order valence-corrected chi connectivity index (χ0v) is 19.3. The zero-order valence-electron chi connectivity index (χ0n) is 19.3. The first-order chi connectivity index (χ1) is 16.5. The Morgan fingerprint density at radius 2 is 2.06 bits per heavy atom. The molecule has 10 nitrogen and oxygen atoms in total. The van der Waals surface area contributed by atoms with E-state index in [-0.39, 0.29) is 17.7 Å². The predicted molar refractivity (Wildman–Crippen MR) is 130 cm³/mol. The van der Waals surface area contributed by atoms with Crippen LogP contribution < -0.4 is 26.4 Å². The van der Waals surface area contributed by atoms with Gasteiger partial charge in [-0.3, -0.25) is 14.3 Å². The molecule has 0 radical (unpaired) electrons. The van der Waals surface area contributed by atoms with Crippen LogP contribution in [0, 0.1) is 5.92 Å². The van der Waals surface area contributed by atoms with Crippen LogP contribution in [0.1, 0.15) is 29.6 Å². The number of para-hydroxylation sites is 1. The number of methoxy groups -OCH3 is 1. The van der Waals surface area contributed by atoms with Gasteiger partial charge in [-0.1, -0.05) is 6.07 Å². The smallest absolute Gasteiger partial charge is 0.254 e. The highest BCUT2D eigenvalue weighted by atomic mass is 16.5. The lowest BCUT2D eigenvalue weighted by molar-refractivity contribution is -0.117. The summed E-state index contributed by atoms with van der Waals surface area (Å²) >= 11 is 0. The van der Waals surface area contributed by atoms with Gasteiger partial charge in [0.1, 0.15) is 5.82 Å². The summed E-state index contributed by atoms with van der Waals surface area (Å²) in [5, 5.41) is 13.4. The summed E-state index contributed by atoms with van der Waals surface area (Å²) in [4.78, 5) is 28.9. The van der Waals surface area contributed by atoms with Gasteiger partial charge in [0.15, 0.2) is 5.75 Å². The second-order valence-electron chi connectivity index (χ2n) is 8.08. The number of nitrogens with zero attached hydrogens (tertiary/aromatic N) is 3. The highest BCUT2D eigenvalue weighted by molar-refractivity contribution is 6.01. The maximum absolute atomic E-state index is 12.5. The second-order valence-corrected chi connectivity index (χ2v) is 8.08. The quantitative estimate of drug-likeness (QED) is 0.363. The number of rotatable bonds is 10. The number of carbonyl (C=O) groups excluding carboxylic acids is 2. The Hall–Kier alpha value is -3.92. The molecule has 34 heavy (non-hydrogen) atoms. The van der Waals surface area contributed by atoms with Crippen molar-refractivity contribution in [2.75, 3.05) is 31.3 Å². The summed E-state index contributed by atoms with van der Waals surface area (Å²) in [6, 6.07) is 9.23. The molecule has 1 aromatic carbocycles. The molecule has 4 rings (SSSR count). The predicted octanol–water partition coefficient (Wildman–Crippen LogP) is 2.75. The summed E-state index contributed by atoms with van der Waals surface area (Å²) in [5.74, 6) is 0.633. The lowest BCUT2D eigenvalue weighted by atomic mass is 10.1. The number of carbonyl (C=O) groups is 2. The third kappa shape index (κ3) is 5.18. The molecular weight excluding hydrogens is 434 g/mol. The Morgan fingerprint density at radius 1 is 1.24 bits per heavy atom. The van der Waals surface area contributed by atoms with Gasteiger partial charge in [0.05, 0.1) is 29.7 Å². The molecule has 0 spiro atoms. The Morgan fingerprint density at radius 3 is 2.76 bits per heavy atom. The van der Waals surface area contributed by atoms with Crippen LogP contribution in [0.3, 0.4) is 0 Å². The van der Waals surface area contributed by atoms with Gasteiger partial charge in [0.2, 0.25) is 5.91 Å². The summed E-state index contributed by atoms with van der Waals surface area (Å²) in [7, 11) is 3.14. The van der Waals surface area contributed by atoms with Crippen molar-refractivity contribution in [1.29, 1.82) is 0 Å². The molecule has 1 saturated carbocycles. The SMILES string of the molecule is CNC(=O)c1cnc(NC(=O)C2CC2)cc1Nc1cccc(-c2ccn(CCCN)n2)c1OC. The number of ether oxygens (including phenoxy) is 1. The van der Waals surface area contributed by atoms with E-state index in [1.807, 2.05) is 35.1 Å². The summed E-state index contributed by atoms with van der Waals surface area (Å²) in [6.45, 7) is 1.33. The number of hydrogen-bond acceptors (Lipinski definition) is 7. The number of hydrogen-bond donors (Lipinski definition) is 4. The zero-order chi connectivity index (χ0) is 24.1. The number of aryl methyl sites for hydroxylation is 1. The average molecular weight is 464 g/mol. The Labute approximate surface area is 197 Å². The van der Waals surface area contributed by atoms with Crippen molar-refractivity contribution >= 4 is 29.0 Å². The van der Waals surface area contributed by atoms with Gasteiger partial charge in [-0.15, -0.1) is 0 Å². The number of pyridine rings is 1. The molecular formula is C24H29N7O3. The lowest BCUT2D eigenvalue weighted by Gasteiger charge is -2.17. The van der Waals surface area contributed by atoms with Crippen molar-refractivity contribution in [3.05, 3.63) is 48.3 Å². The van der Waals surface area contributed by atoms with Crippen LogP contribution in [0.25, 0.3) is 11.3 Å². The molecule has 5 N–H and O–H groups in total. The maximum Gasteiger partial charge on any atom is 0.254 e. The molecule has 0 saturated heterocycles. The van der Waals surface area contributed by atoms with Gasteiger partial charge >= 0.3 is 0 Å². The molecule has 0 aliphatic heterocycles. The fraction of sp³-hybridized carbons (Fsp3) is 0.333. The van der Waals surface area contributed by atoms with Crippen molar-refractivity contribution in [2.24, 2.45) is 11.7 Å². The first kappa shape index (κ1) is 23.2. The number of amides is 2. The molecule has 1 fully saturated rings. The molecule has 0 atom stereocenters. The molecule has 178 valence electrons. The van der Waals surface area contributed by atoms with E-state index in [1.54, 1.807) is 20.2 Å². The first-order valence-corrected chi connectivity index (χ1v) is 11.2. The van der Waals surface area contributed by atoms with Crippen LogP contribution in [0.4, 0.5) is 17.2 Å². The molecule has 0 bridgehead atoms. The topological polar surface area (TPSA) is 136 Å². The van der Waals surface area contributed by atoms with Gasteiger partial charge in [-0.25, -0.2) is 4.98 Å². The van der Waals surface area contributed by atoms with Crippen molar-refractivity contribution in [3.8, 4) is 17.0 Å². The molecule has 1 aliphatic rings. The normalized spacial score (nSPS) is 12.8. The summed E-state index contributed by atoms with van der Waals surface area (Å²) in [6.07, 6.45) is 5.97. The number of aromatic nitrogens is 3. The third-order valence-corrected chi connectivity index (χ3v) is 5.57. The summed E-state index contributed by atoms with van der Waals surface area (Å²) < 4.78 is 7.59. The van der Waals surface area contributed by atoms with E-state index in [2.05, 4.69) is 26.0 Å². The Balaban J connectivity index is 1.66. The molecule has 2 aromatic heterocycles. The highest BCUT2D eigenvalue weighted by Gasteiger charge is 2.30. The monoisotopic (exact) mass is 463 g/mol. The van der Waals surface area contributed by atoms with Crippen LogP contribution in [0.2, 0.25) is 0 Å². The standard InChI is InChI=1S/C24H29N7O3/c1-26-24(33)17-14-27-21(29-23(32)15-7-8-15)13-20(17)28-19-6-3-5-16(22(19)34-2)18-9-12-31(30-18)11-4-10-25/h3,5-6,9,12-15H,4,7-8,10-11,25H2,1-2H3,(H,26,33)(H2,27,28,29,32). The van der Waals surface area contributed by atoms with E-state index < -0.39 is 0 Å². The molecule has 2 amide bonds. The van der Waals surface area contributed by atoms with Crippen molar-refractivity contribution in [2.45, 2.75) is 25.8 Å². The number of nitrogens with one attached hydrogen (secondary N) is 3. The van der Waals surface area contributed by atoms with Gasteiger partial charge in [0.25, 0.3) is 5.91 Å². The first-order valence-electron chi connectivity index (χ1n) is 11.2. The fourth-order valence-electron chi connectivity index (χ4n) is 3.60. The van der Waals surface area contributed by atoms with Gasteiger partial charge in [-0.2, -0.15) is 5.10 Å². The lowest BCUT2D eigenvalue weighted by Crippen LogP contribution is -2.20. The van der Waals surface area contributed by atoms with Crippen LogP contribution in [-0.2, 0) is 11.3 Å². The van der Waals surface area contributed by atoms with Crippen LogP contribution in [-0.4, -0.2) is 47.3 Å². The Kier molecular flexibility index (Phi) is 7.07. The number of nitrogens with two attached hydrogens (primary N) is 1. The van der Waals surface area contributed by atoms with E-state index in [9.17, 15) is 9.59 Å². The van der Waals surface area contributed by atoms with E-state index in [4.69, 9.17) is 10.5 Å². The largest absolute Gasteiger partial charge is 0.494 e. The number of anilines is 3. The van der Waals surface area contributed by atoms with Gasteiger partial charge in [0, 0.05) is 43.5 Å². The fourth-order valence-corrected chi connectivity index (χ4v) is 3.60. The van der Waals surface area contributed by atoms with E-state index >= 15 is 0 Å². The molecule has 10 heteroatoms. The van der Waals surface area contributed by atoms with Crippen molar-refractivity contribution in [1.82, 2.24) is 20.1 Å². The Bertz CT molecular complexity index is 1190. The second kappa shape index (κ2) is 10.3. The molecule has 3 aromatic rings. The van der Waals surface area contributed by atoms with Crippen LogP contribution in [0.5, 0.6) is 5.75 Å². The maximum atomic E-state index is 12.5. The minimum Gasteiger partial charge on any atom is -0.494 e. The highest BCUT2D eigenvalue weighted by Crippen LogP contribution is 2.38. The van der Waals surface area contributed by atoms with Gasteiger partial charge in [-0.05, 0) is 44.0 Å². The van der Waals surface area contributed by atoms with Crippen molar-refractivity contribution < 1.29 is 14.3 Å². The average Bonchev–Trinajstić information content (AvgIpc) is 3.60. The molecule has 1 aliphatic carbocycles. The van der Waals surface area contributed by atoms with Crippen molar-refractivity contribution in [3.63, 3.8) is 0 Å². The molecule has 2 heterocycles. The third-order valence-electron chi connectivity index (χ3n) is 5.57. The van der Waals surface area contributed by atoms with Crippen LogP contribution >= 0.6 is 0 Å².